The molecule has 2 heterocycles. The zero-order valence-electron chi connectivity index (χ0n) is 17.3. The molecular formula is C22H25FN4O4. The maximum atomic E-state index is 13.2. The van der Waals surface area contributed by atoms with Crippen LogP contribution in [-0.4, -0.2) is 63.3 Å². The number of likely N-dealkylation sites (N-methyl/N-ethyl adjacent to an activating group) is 1. The molecule has 2 amide bonds. The van der Waals surface area contributed by atoms with Crippen LogP contribution in [0.1, 0.15) is 11.6 Å². The third-order valence-corrected chi connectivity index (χ3v) is 5.62. The Morgan fingerprint density at radius 1 is 1.00 bits per heavy atom. The highest BCUT2D eigenvalue weighted by Crippen LogP contribution is 2.35. The fourth-order valence-electron chi connectivity index (χ4n) is 3.91. The first-order chi connectivity index (χ1) is 15.0. The number of benzene rings is 2. The number of fused-ring (bicyclic) bond motifs is 1. The van der Waals surface area contributed by atoms with E-state index in [0.29, 0.717) is 11.5 Å². The minimum Gasteiger partial charge on any atom is -0.454 e. The van der Waals surface area contributed by atoms with Crippen molar-refractivity contribution in [2.75, 3.05) is 51.5 Å². The van der Waals surface area contributed by atoms with E-state index in [4.69, 9.17) is 9.47 Å². The highest BCUT2D eigenvalue weighted by Gasteiger charge is 2.28. The summed E-state index contributed by atoms with van der Waals surface area (Å²) in [6, 6.07) is 12.1. The van der Waals surface area contributed by atoms with Gasteiger partial charge >= 0.3 is 11.8 Å². The summed E-state index contributed by atoms with van der Waals surface area (Å²) < 4.78 is 24.1. The number of anilines is 1. The monoisotopic (exact) mass is 428 g/mol. The zero-order valence-corrected chi connectivity index (χ0v) is 17.3. The van der Waals surface area contributed by atoms with Crippen LogP contribution in [0.3, 0.4) is 0 Å². The Bertz CT molecular complexity index is 945. The van der Waals surface area contributed by atoms with E-state index in [1.165, 1.54) is 19.2 Å². The van der Waals surface area contributed by atoms with Crippen molar-refractivity contribution in [1.29, 1.82) is 0 Å². The van der Waals surface area contributed by atoms with Gasteiger partial charge in [-0.2, -0.15) is 0 Å². The van der Waals surface area contributed by atoms with Gasteiger partial charge in [-0.3, -0.25) is 14.5 Å². The van der Waals surface area contributed by atoms with E-state index < -0.39 is 11.8 Å². The lowest BCUT2D eigenvalue weighted by molar-refractivity contribution is -0.139. The standard InChI is InChI=1S/C22H25FN4O4/c1-24-21(28)22(29)25-13-18(15-2-7-19-20(12-15)31-14-30-19)27-10-8-26(9-11-27)17-5-3-16(23)4-6-17/h2-7,12,18H,8-11,13-14H2,1H3,(H,24,28)(H,25,29)/t18-/m1/s1. The predicted octanol–water partition coefficient (Wildman–Crippen LogP) is 1.28. The summed E-state index contributed by atoms with van der Waals surface area (Å²) in [7, 11) is 1.42. The van der Waals surface area contributed by atoms with Crippen LogP contribution in [0.15, 0.2) is 42.5 Å². The molecule has 2 aliphatic rings. The summed E-state index contributed by atoms with van der Waals surface area (Å²) in [5, 5.41) is 5.06. The molecule has 0 bridgehead atoms. The maximum Gasteiger partial charge on any atom is 0.309 e. The lowest BCUT2D eigenvalue weighted by atomic mass is 10.0. The van der Waals surface area contributed by atoms with Crippen LogP contribution in [0.2, 0.25) is 0 Å². The molecule has 1 fully saturated rings. The third kappa shape index (κ3) is 4.72. The van der Waals surface area contributed by atoms with Gasteiger partial charge in [0.15, 0.2) is 11.5 Å². The number of ether oxygens (including phenoxy) is 2. The number of hydrogen-bond donors (Lipinski definition) is 2. The Balaban J connectivity index is 1.48. The van der Waals surface area contributed by atoms with Crippen LogP contribution in [-0.2, 0) is 9.59 Å². The van der Waals surface area contributed by atoms with Crippen molar-refractivity contribution in [2.24, 2.45) is 0 Å². The van der Waals surface area contributed by atoms with Crippen LogP contribution in [0.5, 0.6) is 11.5 Å². The van der Waals surface area contributed by atoms with Crippen LogP contribution >= 0.6 is 0 Å². The van der Waals surface area contributed by atoms with Gasteiger partial charge in [0.2, 0.25) is 6.79 Å². The molecular weight excluding hydrogens is 403 g/mol. The van der Waals surface area contributed by atoms with Crippen molar-refractivity contribution in [3.8, 4) is 11.5 Å². The highest BCUT2D eigenvalue weighted by molar-refractivity contribution is 6.35. The van der Waals surface area contributed by atoms with Crippen LogP contribution in [0.4, 0.5) is 10.1 Å². The fraction of sp³-hybridized carbons (Fsp3) is 0.364. The largest absolute Gasteiger partial charge is 0.454 e. The molecule has 2 aromatic rings. The summed E-state index contributed by atoms with van der Waals surface area (Å²) in [5.41, 5.74) is 1.95. The van der Waals surface area contributed by atoms with E-state index in [9.17, 15) is 14.0 Å². The van der Waals surface area contributed by atoms with Crippen molar-refractivity contribution >= 4 is 17.5 Å². The minimum atomic E-state index is -0.675. The number of rotatable bonds is 5. The number of nitrogens with one attached hydrogen (secondary N) is 2. The van der Waals surface area contributed by atoms with Gasteiger partial charge in [0.25, 0.3) is 0 Å². The second kappa shape index (κ2) is 9.22. The third-order valence-electron chi connectivity index (χ3n) is 5.62. The molecule has 2 aliphatic heterocycles. The number of carbonyl (C=O) groups is 2. The number of halogens is 1. The molecule has 1 atom stereocenters. The Morgan fingerprint density at radius 3 is 2.42 bits per heavy atom. The summed E-state index contributed by atoms with van der Waals surface area (Å²) >= 11 is 0. The molecule has 0 aliphatic carbocycles. The topological polar surface area (TPSA) is 83.1 Å². The average Bonchev–Trinajstić information content (AvgIpc) is 3.27. The number of amides is 2. The van der Waals surface area contributed by atoms with Crippen molar-refractivity contribution in [3.63, 3.8) is 0 Å². The lowest BCUT2D eigenvalue weighted by Gasteiger charge is -2.40. The van der Waals surface area contributed by atoms with E-state index in [2.05, 4.69) is 20.4 Å². The molecule has 0 aromatic heterocycles. The highest BCUT2D eigenvalue weighted by atomic mass is 19.1. The van der Waals surface area contributed by atoms with E-state index in [1.54, 1.807) is 12.1 Å². The zero-order chi connectivity index (χ0) is 21.8. The smallest absolute Gasteiger partial charge is 0.309 e. The van der Waals surface area contributed by atoms with Crippen molar-refractivity contribution in [2.45, 2.75) is 6.04 Å². The van der Waals surface area contributed by atoms with Gasteiger partial charge in [0.05, 0.1) is 6.04 Å². The van der Waals surface area contributed by atoms with Gasteiger partial charge < -0.3 is 25.0 Å². The summed E-state index contributed by atoms with van der Waals surface area (Å²) in [5.74, 6) is -0.232. The van der Waals surface area contributed by atoms with Crippen LogP contribution < -0.4 is 25.0 Å². The molecule has 31 heavy (non-hydrogen) atoms. The van der Waals surface area contributed by atoms with E-state index in [0.717, 1.165) is 37.4 Å². The summed E-state index contributed by atoms with van der Waals surface area (Å²) in [6.45, 7) is 3.47. The first-order valence-corrected chi connectivity index (χ1v) is 10.2. The quantitative estimate of drug-likeness (QED) is 0.699. The van der Waals surface area contributed by atoms with Gasteiger partial charge in [0, 0.05) is 45.5 Å². The number of carbonyl (C=O) groups excluding carboxylic acids is 2. The molecule has 0 radical (unpaired) electrons. The Labute approximate surface area is 179 Å². The Hall–Kier alpha value is -3.33. The number of piperazine rings is 1. The average molecular weight is 428 g/mol. The normalized spacial score (nSPS) is 16.6. The van der Waals surface area contributed by atoms with Gasteiger partial charge in [-0.05, 0) is 42.0 Å². The maximum absolute atomic E-state index is 13.2. The van der Waals surface area contributed by atoms with E-state index in [-0.39, 0.29) is 25.2 Å². The van der Waals surface area contributed by atoms with Crippen molar-refractivity contribution in [3.05, 3.63) is 53.8 Å². The fourth-order valence-corrected chi connectivity index (χ4v) is 3.91. The molecule has 0 saturated carbocycles. The van der Waals surface area contributed by atoms with Crippen molar-refractivity contribution < 1.29 is 23.5 Å². The summed E-state index contributed by atoms with van der Waals surface area (Å²) in [6.07, 6.45) is 0. The van der Waals surface area contributed by atoms with Gasteiger partial charge in [0.1, 0.15) is 5.82 Å². The first-order valence-electron chi connectivity index (χ1n) is 10.2. The molecule has 1 saturated heterocycles. The molecule has 0 unspecified atom stereocenters. The Morgan fingerprint density at radius 2 is 1.71 bits per heavy atom. The SMILES string of the molecule is CNC(=O)C(=O)NC[C@H](c1ccc2c(c1)OCO2)N1CCN(c2ccc(F)cc2)CC1. The van der Waals surface area contributed by atoms with Gasteiger partial charge in [-0.25, -0.2) is 4.39 Å². The second-order valence-electron chi connectivity index (χ2n) is 7.42. The Kier molecular flexibility index (Phi) is 6.22. The van der Waals surface area contributed by atoms with Crippen LogP contribution in [0, 0.1) is 5.82 Å². The van der Waals surface area contributed by atoms with Crippen molar-refractivity contribution in [1.82, 2.24) is 15.5 Å². The minimum absolute atomic E-state index is 0.140. The molecule has 164 valence electrons. The molecule has 8 nitrogen and oxygen atoms in total. The number of nitrogens with zero attached hydrogens (tertiary/aromatic N) is 2. The molecule has 2 N–H and O–H groups in total. The van der Waals surface area contributed by atoms with E-state index >= 15 is 0 Å². The lowest BCUT2D eigenvalue weighted by Crippen LogP contribution is -2.50. The predicted molar refractivity (Wildman–Crippen MR) is 113 cm³/mol. The number of hydrogen-bond acceptors (Lipinski definition) is 6. The van der Waals surface area contributed by atoms with Gasteiger partial charge in [-0.1, -0.05) is 6.07 Å². The molecule has 9 heteroatoms. The van der Waals surface area contributed by atoms with E-state index in [1.807, 2.05) is 18.2 Å². The van der Waals surface area contributed by atoms with Crippen LogP contribution in [0.25, 0.3) is 0 Å². The first kappa shape index (κ1) is 20.9. The molecule has 0 spiro atoms. The van der Waals surface area contributed by atoms with Gasteiger partial charge in [-0.15, -0.1) is 0 Å². The molecule has 4 rings (SSSR count). The second-order valence-corrected chi connectivity index (χ2v) is 7.42. The summed E-state index contributed by atoms with van der Waals surface area (Å²) in [4.78, 5) is 28.1. The molecule has 2 aromatic carbocycles.